The molecular formula is C17H16O5. The van der Waals surface area contributed by atoms with Crippen LogP contribution in [-0.4, -0.2) is 28.8 Å². The summed E-state index contributed by atoms with van der Waals surface area (Å²) in [4.78, 5) is 22.8. The number of carboxylic acids is 1. The highest BCUT2D eigenvalue weighted by atomic mass is 16.5. The first-order chi connectivity index (χ1) is 10.5. The molecule has 5 nitrogen and oxygen atoms in total. The molecule has 0 aliphatic heterocycles. The zero-order valence-electron chi connectivity index (χ0n) is 12.1. The molecule has 0 unspecified atom stereocenters. The van der Waals surface area contributed by atoms with E-state index in [9.17, 15) is 14.7 Å². The number of hydrogen-bond acceptors (Lipinski definition) is 4. The van der Waals surface area contributed by atoms with Gasteiger partial charge in [0.2, 0.25) is 0 Å². The van der Waals surface area contributed by atoms with E-state index in [0.29, 0.717) is 22.3 Å². The van der Waals surface area contributed by atoms with Crippen molar-refractivity contribution in [3.8, 4) is 16.9 Å². The Morgan fingerprint density at radius 3 is 2.55 bits per heavy atom. The Labute approximate surface area is 127 Å². The lowest BCUT2D eigenvalue weighted by atomic mass is 9.95. The van der Waals surface area contributed by atoms with Crippen molar-refractivity contribution in [2.75, 3.05) is 6.61 Å². The van der Waals surface area contributed by atoms with Crippen LogP contribution in [0.1, 0.15) is 22.8 Å². The number of hydrogen-bond donors (Lipinski definition) is 2. The molecule has 0 heterocycles. The zero-order chi connectivity index (χ0) is 16.1. The number of aliphatic carboxylic acids is 1. The molecule has 0 aliphatic carbocycles. The second-order valence-corrected chi connectivity index (χ2v) is 4.68. The van der Waals surface area contributed by atoms with Gasteiger partial charge in [-0.3, -0.25) is 4.79 Å². The van der Waals surface area contributed by atoms with Crippen LogP contribution in [0.4, 0.5) is 0 Å². The number of aromatic hydroxyl groups is 1. The highest BCUT2D eigenvalue weighted by molar-refractivity contribution is 5.92. The van der Waals surface area contributed by atoms with E-state index in [4.69, 9.17) is 9.84 Å². The fourth-order valence-electron chi connectivity index (χ4n) is 2.25. The van der Waals surface area contributed by atoms with Gasteiger partial charge in [0.25, 0.3) is 0 Å². The highest BCUT2D eigenvalue weighted by Gasteiger charge is 2.15. The number of carbonyl (C=O) groups excluding carboxylic acids is 1. The first kappa shape index (κ1) is 15.6. The van der Waals surface area contributed by atoms with Crippen molar-refractivity contribution in [1.29, 1.82) is 0 Å². The first-order valence-electron chi connectivity index (χ1n) is 6.83. The van der Waals surface area contributed by atoms with Gasteiger partial charge in [0.1, 0.15) is 5.75 Å². The average Bonchev–Trinajstić information content (AvgIpc) is 2.47. The lowest BCUT2D eigenvalue weighted by Crippen LogP contribution is -2.05. The van der Waals surface area contributed by atoms with Crippen molar-refractivity contribution >= 4 is 11.9 Å². The van der Waals surface area contributed by atoms with Gasteiger partial charge in [-0.25, -0.2) is 4.79 Å². The van der Waals surface area contributed by atoms with Gasteiger partial charge >= 0.3 is 11.9 Å². The molecule has 0 aliphatic rings. The summed E-state index contributed by atoms with van der Waals surface area (Å²) in [5.74, 6) is -1.48. The van der Waals surface area contributed by atoms with Crippen LogP contribution < -0.4 is 0 Å². The van der Waals surface area contributed by atoms with Gasteiger partial charge in [0.05, 0.1) is 18.6 Å². The number of carboxylic acid groups (broad SMARTS) is 1. The standard InChI is InChI=1S/C17H16O5/c1-2-22-17(21)13-7-3-5-11(9-13)16-12(10-15(19)20)6-4-8-14(16)18/h3-9,18H,2,10H2,1H3,(H,19,20). The molecule has 0 atom stereocenters. The predicted octanol–water partition coefficient (Wildman–Crippen LogP) is 2.86. The van der Waals surface area contributed by atoms with E-state index >= 15 is 0 Å². The molecule has 0 fully saturated rings. The Morgan fingerprint density at radius 1 is 1.14 bits per heavy atom. The van der Waals surface area contributed by atoms with E-state index in [1.807, 2.05) is 0 Å². The molecule has 0 saturated carbocycles. The quantitative estimate of drug-likeness (QED) is 0.829. The molecule has 0 saturated heterocycles. The third-order valence-corrected chi connectivity index (χ3v) is 3.13. The van der Waals surface area contributed by atoms with Crippen molar-refractivity contribution in [2.45, 2.75) is 13.3 Å². The van der Waals surface area contributed by atoms with Gasteiger partial charge in [-0.2, -0.15) is 0 Å². The summed E-state index contributed by atoms with van der Waals surface area (Å²) < 4.78 is 4.95. The molecule has 2 rings (SSSR count). The van der Waals surface area contributed by atoms with Gasteiger partial charge in [-0.15, -0.1) is 0 Å². The molecular weight excluding hydrogens is 284 g/mol. The second kappa shape index (κ2) is 6.76. The number of ether oxygens (including phenoxy) is 1. The van der Waals surface area contributed by atoms with Crippen LogP contribution in [0.3, 0.4) is 0 Å². The van der Waals surface area contributed by atoms with Gasteiger partial charge in [-0.05, 0) is 36.2 Å². The normalized spacial score (nSPS) is 10.2. The van der Waals surface area contributed by atoms with Gasteiger partial charge in [-0.1, -0.05) is 24.3 Å². The third-order valence-electron chi connectivity index (χ3n) is 3.13. The Morgan fingerprint density at radius 2 is 1.86 bits per heavy atom. The lowest BCUT2D eigenvalue weighted by molar-refractivity contribution is -0.136. The third kappa shape index (κ3) is 3.44. The van der Waals surface area contributed by atoms with Crippen LogP contribution >= 0.6 is 0 Å². The maximum Gasteiger partial charge on any atom is 0.338 e. The molecule has 5 heteroatoms. The number of esters is 1. The Kier molecular flexibility index (Phi) is 4.78. The van der Waals surface area contributed by atoms with Crippen LogP contribution in [0.2, 0.25) is 0 Å². The van der Waals surface area contributed by atoms with Crippen LogP contribution in [0, 0.1) is 0 Å². The van der Waals surface area contributed by atoms with E-state index in [2.05, 4.69) is 0 Å². The summed E-state index contributed by atoms with van der Waals surface area (Å²) in [5, 5.41) is 19.1. The number of rotatable bonds is 5. The summed E-state index contributed by atoms with van der Waals surface area (Å²) in [7, 11) is 0. The zero-order valence-corrected chi connectivity index (χ0v) is 12.1. The minimum Gasteiger partial charge on any atom is -0.507 e. The smallest absolute Gasteiger partial charge is 0.338 e. The van der Waals surface area contributed by atoms with Crippen molar-refractivity contribution in [2.24, 2.45) is 0 Å². The fourth-order valence-corrected chi connectivity index (χ4v) is 2.25. The summed E-state index contributed by atoms with van der Waals surface area (Å²) >= 11 is 0. The summed E-state index contributed by atoms with van der Waals surface area (Å²) in [5.41, 5.74) is 1.81. The van der Waals surface area contributed by atoms with Crippen LogP contribution in [0.15, 0.2) is 42.5 Å². The SMILES string of the molecule is CCOC(=O)c1cccc(-c2c(O)cccc2CC(=O)O)c1. The van der Waals surface area contributed by atoms with E-state index in [0.717, 1.165) is 0 Å². The van der Waals surface area contributed by atoms with Crippen LogP contribution in [0.5, 0.6) is 5.75 Å². The summed E-state index contributed by atoms with van der Waals surface area (Å²) in [6, 6.07) is 11.3. The Bertz CT molecular complexity index is 706. The van der Waals surface area contributed by atoms with E-state index in [1.165, 1.54) is 6.07 Å². The number of phenolic OH excluding ortho intramolecular Hbond substituents is 1. The number of benzene rings is 2. The molecule has 0 radical (unpaired) electrons. The van der Waals surface area contributed by atoms with E-state index in [1.54, 1.807) is 43.3 Å². The largest absolute Gasteiger partial charge is 0.507 e. The molecule has 0 aromatic heterocycles. The van der Waals surface area contributed by atoms with Crippen LogP contribution in [0.25, 0.3) is 11.1 Å². The van der Waals surface area contributed by atoms with E-state index in [-0.39, 0.29) is 18.8 Å². The molecule has 2 aromatic rings. The maximum absolute atomic E-state index is 11.8. The Balaban J connectivity index is 2.50. The topological polar surface area (TPSA) is 83.8 Å². The van der Waals surface area contributed by atoms with Gasteiger partial charge in [0, 0.05) is 5.56 Å². The highest BCUT2D eigenvalue weighted by Crippen LogP contribution is 2.33. The molecule has 22 heavy (non-hydrogen) atoms. The fraction of sp³-hybridized carbons (Fsp3) is 0.176. The Hall–Kier alpha value is -2.82. The van der Waals surface area contributed by atoms with Crippen molar-refractivity contribution < 1.29 is 24.5 Å². The van der Waals surface area contributed by atoms with Gasteiger partial charge < -0.3 is 14.9 Å². The molecule has 0 spiro atoms. The molecule has 0 amide bonds. The average molecular weight is 300 g/mol. The van der Waals surface area contributed by atoms with Crippen molar-refractivity contribution in [3.05, 3.63) is 53.6 Å². The van der Waals surface area contributed by atoms with Crippen molar-refractivity contribution in [1.82, 2.24) is 0 Å². The first-order valence-corrected chi connectivity index (χ1v) is 6.83. The van der Waals surface area contributed by atoms with Crippen LogP contribution in [-0.2, 0) is 16.0 Å². The second-order valence-electron chi connectivity index (χ2n) is 4.68. The minimum atomic E-state index is -0.992. The summed E-state index contributed by atoms with van der Waals surface area (Å²) in [6.45, 7) is 1.99. The van der Waals surface area contributed by atoms with E-state index < -0.39 is 11.9 Å². The molecule has 0 bridgehead atoms. The number of carbonyl (C=O) groups is 2. The summed E-state index contributed by atoms with van der Waals surface area (Å²) in [6.07, 6.45) is -0.215. The molecule has 2 aromatic carbocycles. The molecule has 2 N–H and O–H groups in total. The minimum absolute atomic E-state index is 0.0280. The lowest BCUT2D eigenvalue weighted by Gasteiger charge is -2.11. The predicted molar refractivity (Wildman–Crippen MR) is 80.8 cm³/mol. The number of phenols is 1. The van der Waals surface area contributed by atoms with Crippen molar-refractivity contribution in [3.63, 3.8) is 0 Å². The van der Waals surface area contributed by atoms with Gasteiger partial charge in [0.15, 0.2) is 0 Å². The maximum atomic E-state index is 11.8. The molecule has 114 valence electrons. The monoisotopic (exact) mass is 300 g/mol.